The van der Waals surface area contributed by atoms with Crippen LogP contribution in [-0.2, 0) is 29.1 Å². The van der Waals surface area contributed by atoms with Gasteiger partial charge in [-0.15, -0.1) is 12.4 Å². The molecular weight excluding hydrogens is 362 g/mol. The van der Waals surface area contributed by atoms with Gasteiger partial charge in [-0.2, -0.15) is 4.72 Å². The first kappa shape index (κ1) is 22.3. The molecule has 1 atom stereocenters. The van der Waals surface area contributed by atoms with E-state index in [2.05, 4.69) is 14.8 Å². The van der Waals surface area contributed by atoms with Crippen molar-refractivity contribution in [3.63, 3.8) is 0 Å². The Bertz CT molecular complexity index is 667. The maximum absolute atomic E-state index is 12.1. The van der Waals surface area contributed by atoms with Gasteiger partial charge in [0.1, 0.15) is 12.6 Å². The van der Waals surface area contributed by atoms with E-state index in [1.165, 1.54) is 31.4 Å². The molecule has 0 aliphatic heterocycles. The number of hydrogen-bond donors (Lipinski definition) is 3. The minimum atomic E-state index is -3.91. The summed E-state index contributed by atoms with van der Waals surface area (Å²) in [5.41, 5.74) is 5.83. The maximum atomic E-state index is 12.1. The summed E-state index contributed by atoms with van der Waals surface area (Å²) in [5, 5.41) is 2.49. The van der Waals surface area contributed by atoms with Crippen molar-refractivity contribution in [1.29, 1.82) is 0 Å². The Morgan fingerprint density at radius 2 is 1.96 bits per heavy atom. The highest BCUT2D eigenvalue weighted by Gasteiger charge is 2.18. The molecule has 0 bridgehead atoms. The van der Waals surface area contributed by atoms with Gasteiger partial charge in [0.2, 0.25) is 15.9 Å². The van der Waals surface area contributed by atoms with Crippen LogP contribution in [0.5, 0.6) is 0 Å². The molecule has 0 radical (unpaired) electrons. The zero-order valence-corrected chi connectivity index (χ0v) is 14.8. The Balaban J connectivity index is 0.00000529. The fourth-order valence-corrected chi connectivity index (χ4v) is 2.56. The predicted octanol–water partition coefficient (Wildman–Crippen LogP) is -0.528. The molecule has 0 aromatic heterocycles. The van der Waals surface area contributed by atoms with Gasteiger partial charge in [0.25, 0.3) is 0 Å². The van der Waals surface area contributed by atoms with E-state index in [1.807, 2.05) is 0 Å². The normalized spacial score (nSPS) is 12.0. The third-order valence-corrected chi connectivity index (χ3v) is 4.13. The lowest BCUT2D eigenvalue weighted by molar-refractivity contribution is -0.139. The van der Waals surface area contributed by atoms with Gasteiger partial charge in [-0.3, -0.25) is 9.59 Å². The second-order valence-corrected chi connectivity index (χ2v) is 6.25. The minimum absolute atomic E-state index is 0. The number of sulfonamides is 1. The number of hydrogen-bond acceptors (Lipinski definition) is 7. The molecule has 0 heterocycles. The summed E-state index contributed by atoms with van der Waals surface area (Å²) in [6.45, 7) is -0.460. The SMILES string of the molecule is COCC(N)C(=O)Nc1cccc(S(=O)(=O)NCC(=O)OC)c1.Cl. The largest absolute Gasteiger partial charge is 0.468 e. The lowest BCUT2D eigenvalue weighted by atomic mass is 10.2. The minimum Gasteiger partial charge on any atom is -0.468 e. The third kappa shape index (κ3) is 6.81. The van der Waals surface area contributed by atoms with E-state index in [9.17, 15) is 18.0 Å². The van der Waals surface area contributed by atoms with Crippen molar-refractivity contribution in [2.45, 2.75) is 10.9 Å². The van der Waals surface area contributed by atoms with Crippen molar-refractivity contribution in [2.75, 3.05) is 32.7 Å². The molecular formula is C13H20ClN3O6S. The van der Waals surface area contributed by atoms with Crippen LogP contribution in [0.2, 0.25) is 0 Å². The van der Waals surface area contributed by atoms with Gasteiger partial charge < -0.3 is 20.5 Å². The molecule has 0 saturated heterocycles. The summed E-state index contributed by atoms with van der Waals surface area (Å²) in [5.74, 6) is -1.23. The molecule has 1 rings (SSSR count). The molecule has 11 heteroatoms. The number of benzene rings is 1. The molecule has 4 N–H and O–H groups in total. The average molecular weight is 382 g/mol. The number of esters is 1. The first-order valence-electron chi connectivity index (χ1n) is 6.52. The van der Waals surface area contributed by atoms with Crippen molar-refractivity contribution in [3.8, 4) is 0 Å². The topological polar surface area (TPSA) is 137 Å². The number of methoxy groups -OCH3 is 2. The van der Waals surface area contributed by atoms with Crippen LogP contribution < -0.4 is 15.8 Å². The summed E-state index contributed by atoms with van der Waals surface area (Å²) in [4.78, 5) is 22.7. The van der Waals surface area contributed by atoms with E-state index in [1.54, 1.807) is 0 Å². The van der Waals surface area contributed by atoms with Gasteiger partial charge in [0.15, 0.2) is 0 Å². The second kappa shape index (κ2) is 10.2. The molecule has 136 valence electrons. The molecule has 1 amide bonds. The Kier molecular flexibility index (Phi) is 9.48. The van der Waals surface area contributed by atoms with Crippen LogP contribution in [0.25, 0.3) is 0 Å². The number of nitrogens with two attached hydrogens (primary N) is 1. The predicted molar refractivity (Wildman–Crippen MR) is 89.4 cm³/mol. The molecule has 0 aliphatic rings. The fraction of sp³-hybridized carbons (Fsp3) is 0.385. The molecule has 0 fully saturated rings. The number of rotatable bonds is 8. The molecule has 1 unspecified atom stereocenters. The molecule has 0 saturated carbocycles. The van der Waals surface area contributed by atoms with Crippen LogP contribution in [0, 0.1) is 0 Å². The molecule has 0 spiro atoms. The number of halogens is 1. The fourth-order valence-electron chi connectivity index (χ4n) is 1.54. The Morgan fingerprint density at radius 1 is 1.29 bits per heavy atom. The standard InChI is InChI=1S/C13H19N3O6S.ClH/c1-21-8-11(14)13(18)16-9-4-3-5-10(6-9)23(19,20)15-7-12(17)22-2;/h3-6,11,15H,7-8,14H2,1-2H3,(H,16,18);1H. The van der Waals surface area contributed by atoms with E-state index in [-0.39, 0.29) is 29.6 Å². The monoisotopic (exact) mass is 381 g/mol. The quantitative estimate of drug-likeness (QED) is 0.515. The van der Waals surface area contributed by atoms with Crippen LogP contribution >= 0.6 is 12.4 Å². The average Bonchev–Trinajstić information content (AvgIpc) is 2.53. The van der Waals surface area contributed by atoms with Crippen molar-refractivity contribution < 1.29 is 27.5 Å². The van der Waals surface area contributed by atoms with Gasteiger partial charge in [-0.1, -0.05) is 6.07 Å². The lowest BCUT2D eigenvalue weighted by Gasteiger charge is -2.12. The van der Waals surface area contributed by atoms with Crippen molar-refractivity contribution in [1.82, 2.24) is 4.72 Å². The summed E-state index contributed by atoms with van der Waals surface area (Å²) in [6.07, 6.45) is 0. The number of amides is 1. The van der Waals surface area contributed by atoms with E-state index in [0.29, 0.717) is 0 Å². The van der Waals surface area contributed by atoms with Crippen molar-refractivity contribution in [3.05, 3.63) is 24.3 Å². The molecule has 0 aliphatic carbocycles. The molecule has 9 nitrogen and oxygen atoms in total. The lowest BCUT2D eigenvalue weighted by Crippen LogP contribution is -2.39. The van der Waals surface area contributed by atoms with Gasteiger partial charge in [0, 0.05) is 12.8 Å². The van der Waals surface area contributed by atoms with Gasteiger partial charge in [0.05, 0.1) is 18.6 Å². The highest BCUT2D eigenvalue weighted by molar-refractivity contribution is 7.89. The van der Waals surface area contributed by atoms with E-state index < -0.39 is 34.5 Å². The zero-order valence-electron chi connectivity index (χ0n) is 13.1. The molecule has 1 aromatic carbocycles. The van der Waals surface area contributed by atoms with E-state index >= 15 is 0 Å². The summed E-state index contributed by atoms with van der Waals surface area (Å²) in [6, 6.07) is 4.65. The van der Waals surface area contributed by atoms with Gasteiger partial charge in [-0.25, -0.2) is 8.42 Å². The van der Waals surface area contributed by atoms with Crippen molar-refractivity contribution >= 4 is 40.0 Å². The van der Waals surface area contributed by atoms with Crippen LogP contribution in [-0.4, -0.2) is 53.7 Å². The number of carbonyl (C=O) groups excluding carboxylic acids is 2. The summed E-state index contributed by atoms with van der Waals surface area (Å²) in [7, 11) is -1.35. The van der Waals surface area contributed by atoms with Crippen LogP contribution in [0.15, 0.2) is 29.2 Å². The number of anilines is 1. The smallest absolute Gasteiger partial charge is 0.320 e. The molecule has 24 heavy (non-hydrogen) atoms. The number of ether oxygens (including phenoxy) is 2. The Hall–Kier alpha value is -1.72. The van der Waals surface area contributed by atoms with E-state index in [0.717, 1.165) is 7.11 Å². The maximum Gasteiger partial charge on any atom is 0.320 e. The van der Waals surface area contributed by atoms with Gasteiger partial charge >= 0.3 is 5.97 Å². The zero-order chi connectivity index (χ0) is 17.5. The van der Waals surface area contributed by atoms with Gasteiger partial charge in [-0.05, 0) is 18.2 Å². The summed E-state index contributed by atoms with van der Waals surface area (Å²) >= 11 is 0. The first-order chi connectivity index (χ1) is 10.8. The van der Waals surface area contributed by atoms with Crippen molar-refractivity contribution in [2.24, 2.45) is 5.73 Å². The Labute approximate surface area is 146 Å². The number of nitrogens with one attached hydrogen (secondary N) is 2. The number of carbonyl (C=O) groups is 2. The third-order valence-electron chi connectivity index (χ3n) is 2.73. The first-order valence-corrected chi connectivity index (χ1v) is 8.00. The van der Waals surface area contributed by atoms with E-state index in [4.69, 9.17) is 10.5 Å². The molecule has 1 aromatic rings. The second-order valence-electron chi connectivity index (χ2n) is 4.48. The van der Waals surface area contributed by atoms with Crippen LogP contribution in [0.4, 0.5) is 5.69 Å². The highest BCUT2D eigenvalue weighted by atomic mass is 35.5. The Morgan fingerprint density at radius 3 is 2.54 bits per heavy atom. The summed E-state index contributed by atoms with van der Waals surface area (Å²) < 4.78 is 35.3. The van der Waals surface area contributed by atoms with Crippen LogP contribution in [0.3, 0.4) is 0 Å². The van der Waals surface area contributed by atoms with Crippen LogP contribution in [0.1, 0.15) is 0 Å². The highest BCUT2D eigenvalue weighted by Crippen LogP contribution is 2.15.